The van der Waals surface area contributed by atoms with Gasteiger partial charge in [0.2, 0.25) is 0 Å². The second-order valence-corrected chi connectivity index (χ2v) is 9.78. The molecule has 0 fully saturated rings. The molecule has 174 valence electrons. The summed E-state index contributed by atoms with van der Waals surface area (Å²) in [5.74, 6) is 0. The van der Waals surface area contributed by atoms with Crippen molar-refractivity contribution >= 4 is 32.3 Å². The summed E-state index contributed by atoms with van der Waals surface area (Å²) >= 11 is 0. The van der Waals surface area contributed by atoms with Gasteiger partial charge in [0.1, 0.15) is 0 Å². The normalized spacial score (nSPS) is 11.4. The molecule has 0 N–H and O–H groups in total. The summed E-state index contributed by atoms with van der Waals surface area (Å²) in [5.41, 5.74) is 8.95. The largest absolute Gasteiger partial charge is 0.0622 e. The predicted molar refractivity (Wildman–Crippen MR) is 160 cm³/mol. The summed E-state index contributed by atoms with van der Waals surface area (Å²) in [6.07, 6.45) is 0. The molecule has 0 aromatic heterocycles. The van der Waals surface area contributed by atoms with Crippen molar-refractivity contribution in [2.24, 2.45) is 0 Å². The van der Waals surface area contributed by atoms with Crippen LogP contribution in [0, 0.1) is 6.92 Å². The Balaban J connectivity index is 1.62. The quantitative estimate of drug-likeness (QED) is 0.225. The number of benzene rings is 7. The molecule has 0 nitrogen and oxygen atoms in total. The third kappa shape index (κ3) is 3.53. The molecule has 0 heteroatoms. The second kappa shape index (κ2) is 8.76. The fraction of sp³-hybridized carbons (Fsp3) is 0.0270. The van der Waals surface area contributed by atoms with E-state index in [1.165, 1.54) is 71.3 Å². The van der Waals surface area contributed by atoms with Gasteiger partial charge in [-0.05, 0) is 72.6 Å². The Labute approximate surface area is 217 Å². The first-order valence-corrected chi connectivity index (χ1v) is 12.9. The highest BCUT2D eigenvalue weighted by Gasteiger charge is 2.18. The van der Waals surface area contributed by atoms with Crippen LogP contribution in [0.15, 0.2) is 140 Å². The fourth-order valence-corrected chi connectivity index (χ4v) is 5.92. The molecule has 7 aromatic carbocycles. The Hall–Kier alpha value is -4.68. The van der Waals surface area contributed by atoms with Crippen molar-refractivity contribution in [1.82, 2.24) is 0 Å². The maximum atomic E-state index is 2.32. The molecule has 0 aliphatic rings. The minimum atomic E-state index is 1.25. The van der Waals surface area contributed by atoms with Crippen LogP contribution in [0.1, 0.15) is 5.56 Å². The highest BCUT2D eigenvalue weighted by Crippen LogP contribution is 2.46. The van der Waals surface area contributed by atoms with Crippen LogP contribution < -0.4 is 0 Å². The van der Waals surface area contributed by atoms with E-state index < -0.39 is 0 Å². The van der Waals surface area contributed by atoms with Crippen molar-refractivity contribution < 1.29 is 0 Å². The van der Waals surface area contributed by atoms with E-state index in [-0.39, 0.29) is 0 Å². The zero-order valence-corrected chi connectivity index (χ0v) is 20.8. The van der Waals surface area contributed by atoms with Crippen LogP contribution in [0.4, 0.5) is 0 Å². The fourth-order valence-electron chi connectivity index (χ4n) is 5.92. The van der Waals surface area contributed by atoms with E-state index in [4.69, 9.17) is 0 Å². The zero-order valence-electron chi connectivity index (χ0n) is 20.8. The van der Waals surface area contributed by atoms with E-state index in [0.29, 0.717) is 0 Å². The summed E-state index contributed by atoms with van der Waals surface area (Å²) in [6.45, 7) is 2.17. The van der Waals surface area contributed by atoms with Crippen molar-refractivity contribution in [2.45, 2.75) is 6.92 Å². The molecule has 0 atom stereocenters. The summed E-state index contributed by atoms with van der Waals surface area (Å²) in [6, 6.07) is 50.8. The van der Waals surface area contributed by atoms with Gasteiger partial charge >= 0.3 is 0 Å². The molecule has 0 unspecified atom stereocenters. The lowest BCUT2D eigenvalue weighted by molar-refractivity contribution is 1.47. The van der Waals surface area contributed by atoms with Crippen LogP contribution in [0.25, 0.3) is 65.7 Å². The van der Waals surface area contributed by atoms with Gasteiger partial charge in [-0.1, -0.05) is 145 Å². The smallest absolute Gasteiger partial charge is 0.00201 e. The molecule has 7 aromatic rings. The molecule has 0 bridgehead atoms. The van der Waals surface area contributed by atoms with Crippen LogP contribution in [-0.2, 0) is 0 Å². The lowest BCUT2D eigenvalue weighted by Crippen LogP contribution is -1.92. The second-order valence-electron chi connectivity index (χ2n) is 9.78. The van der Waals surface area contributed by atoms with Gasteiger partial charge < -0.3 is 0 Å². The van der Waals surface area contributed by atoms with E-state index in [0.717, 1.165) is 0 Å². The van der Waals surface area contributed by atoms with Crippen LogP contribution in [0.2, 0.25) is 0 Å². The summed E-state index contributed by atoms with van der Waals surface area (Å²) in [4.78, 5) is 0. The topological polar surface area (TPSA) is 0 Å². The zero-order chi connectivity index (χ0) is 24.8. The summed E-state index contributed by atoms with van der Waals surface area (Å²) in [7, 11) is 0. The monoisotopic (exact) mass is 470 g/mol. The van der Waals surface area contributed by atoms with Crippen molar-refractivity contribution in [3.8, 4) is 33.4 Å². The average molecular weight is 471 g/mol. The highest BCUT2D eigenvalue weighted by molar-refractivity contribution is 6.24. The van der Waals surface area contributed by atoms with Crippen molar-refractivity contribution in [1.29, 1.82) is 0 Å². The van der Waals surface area contributed by atoms with Gasteiger partial charge in [0.05, 0.1) is 0 Å². The molecular formula is C37H26. The summed E-state index contributed by atoms with van der Waals surface area (Å²) in [5, 5.41) is 7.71. The van der Waals surface area contributed by atoms with Crippen LogP contribution >= 0.6 is 0 Å². The van der Waals surface area contributed by atoms with Gasteiger partial charge in [0.15, 0.2) is 0 Å². The van der Waals surface area contributed by atoms with E-state index in [1.54, 1.807) is 0 Å². The molecule has 7 rings (SSSR count). The van der Waals surface area contributed by atoms with Gasteiger partial charge in [-0.3, -0.25) is 0 Å². The number of hydrogen-bond acceptors (Lipinski definition) is 0. The molecule has 0 spiro atoms. The lowest BCUT2D eigenvalue weighted by atomic mass is 9.83. The van der Waals surface area contributed by atoms with E-state index in [1.807, 2.05) is 0 Å². The number of rotatable bonds is 3. The first kappa shape index (κ1) is 21.6. The highest BCUT2D eigenvalue weighted by atomic mass is 14.2. The maximum Gasteiger partial charge on any atom is -0.00201 e. The number of hydrogen-bond donors (Lipinski definition) is 0. The molecule has 0 aliphatic heterocycles. The van der Waals surface area contributed by atoms with Crippen LogP contribution in [0.3, 0.4) is 0 Å². The number of fused-ring (bicyclic) bond motifs is 3. The van der Waals surface area contributed by atoms with Gasteiger partial charge in [-0.2, -0.15) is 0 Å². The average Bonchev–Trinajstić information content (AvgIpc) is 2.96. The SMILES string of the molecule is Cc1cccc(-c2c3ccccc3c(-c3ccc(-c4ccccc4)c4ccccc34)c3ccccc23)c1. The Kier molecular flexibility index (Phi) is 5.11. The molecule has 0 amide bonds. The summed E-state index contributed by atoms with van der Waals surface area (Å²) < 4.78 is 0. The van der Waals surface area contributed by atoms with Gasteiger partial charge in [0.25, 0.3) is 0 Å². The molecular weight excluding hydrogens is 444 g/mol. The molecule has 37 heavy (non-hydrogen) atoms. The Morgan fingerprint density at radius 2 is 0.784 bits per heavy atom. The minimum absolute atomic E-state index is 1.25. The third-order valence-electron chi connectivity index (χ3n) is 7.52. The minimum Gasteiger partial charge on any atom is -0.0622 e. The van der Waals surface area contributed by atoms with E-state index in [9.17, 15) is 0 Å². The first-order chi connectivity index (χ1) is 18.3. The Morgan fingerprint density at radius 3 is 1.38 bits per heavy atom. The molecule has 0 radical (unpaired) electrons. The third-order valence-corrected chi connectivity index (χ3v) is 7.52. The molecule has 0 aliphatic carbocycles. The van der Waals surface area contributed by atoms with Gasteiger partial charge in [0, 0.05) is 0 Å². The molecule has 0 saturated carbocycles. The van der Waals surface area contributed by atoms with Crippen molar-refractivity contribution in [3.63, 3.8) is 0 Å². The van der Waals surface area contributed by atoms with Crippen molar-refractivity contribution in [3.05, 3.63) is 145 Å². The standard InChI is InChI=1S/C37H26/c1-25-12-11-15-27(24-25)36-31-18-7-9-20-33(31)37(34-21-10-8-19-32(34)36)35-23-22-28(26-13-3-2-4-14-26)29-16-5-6-17-30(29)35/h2-24H,1H3. The first-order valence-electron chi connectivity index (χ1n) is 12.9. The van der Waals surface area contributed by atoms with Gasteiger partial charge in [-0.25, -0.2) is 0 Å². The Morgan fingerprint density at radius 1 is 0.324 bits per heavy atom. The lowest BCUT2D eigenvalue weighted by Gasteiger charge is -2.19. The molecule has 0 heterocycles. The van der Waals surface area contributed by atoms with Gasteiger partial charge in [-0.15, -0.1) is 0 Å². The van der Waals surface area contributed by atoms with Crippen LogP contribution in [-0.4, -0.2) is 0 Å². The van der Waals surface area contributed by atoms with Crippen molar-refractivity contribution in [2.75, 3.05) is 0 Å². The Bertz CT molecular complexity index is 1870. The van der Waals surface area contributed by atoms with E-state index in [2.05, 4.69) is 146 Å². The maximum absolute atomic E-state index is 2.32. The predicted octanol–water partition coefficient (Wildman–Crippen LogP) is 10.5. The molecule has 0 saturated heterocycles. The number of aryl methyl sites for hydroxylation is 1. The van der Waals surface area contributed by atoms with Crippen LogP contribution in [0.5, 0.6) is 0 Å². The van der Waals surface area contributed by atoms with E-state index >= 15 is 0 Å².